The second kappa shape index (κ2) is 13.8. The minimum Gasteiger partial charge on any atom is -0.497 e. The summed E-state index contributed by atoms with van der Waals surface area (Å²) in [5.41, 5.74) is 2.41. The number of ether oxygens (including phenoxy) is 2. The molecule has 2 aromatic rings. The fourth-order valence-electron chi connectivity index (χ4n) is 7.38. The van der Waals surface area contributed by atoms with Gasteiger partial charge < -0.3 is 18.8 Å². The van der Waals surface area contributed by atoms with Crippen LogP contribution in [0.25, 0.3) is 10.8 Å². The molecule has 0 bridgehead atoms. The Morgan fingerprint density at radius 3 is 2.42 bits per heavy atom. The van der Waals surface area contributed by atoms with Gasteiger partial charge in [-0.2, -0.15) is 0 Å². The van der Waals surface area contributed by atoms with Crippen molar-refractivity contribution >= 4 is 25.6 Å². The lowest BCUT2D eigenvalue weighted by Gasteiger charge is -2.46. The Kier molecular flexibility index (Phi) is 10.3. The van der Waals surface area contributed by atoms with Gasteiger partial charge in [0.1, 0.15) is 5.75 Å². The third-order valence-corrected chi connectivity index (χ3v) is 10.7. The van der Waals surface area contributed by atoms with Crippen LogP contribution in [0.2, 0.25) is 13.1 Å². The Balaban J connectivity index is 1.43. The largest absolute Gasteiger partial charge is 0.497 e. The van der Waals surface area contributed by atoms with Crippen LogP contribution in [0.15, 0.2) is 54.1 Å². The summed E-state index contributed by atoms with van der Waals surface area (Å²) in [4.78, 5) is 17.1. The molecule has 6 heteroatoms. The van der Waals surface area contributed by atoms with Gasteiger partial charge in [-0.3, -0.25) is 4.79 Å². The summed E-state index contributed by atoms with van der Waals surface area (Å²) in [5, 5.41) is 1.99. The third-order valence-electron chi connectivity index (χ3n) is 9.87. The number of carbonyl (C=O) groups is 1. The van der Waals surface area contributed by atoms with Crippen molar-refractivity contribution in [2.24, 2.45) is 11.3 Å². The number of rotatable bonds is 10. The number of allylic oxidation sites excluding steroid dienone is 2. The highest BCUT2D eigenvalue weighted by molar-refractivity contribution is 6.48. The summed E-state index contributed by atoms with van der Waals surface area (Å²) >= 11 is 0. The summed E-state index contributed by atoms with van der Waals surface area (Å²) in [6.07, 6.45) is 14.9. The number of methoxy groups -OCH3 is 1. The summed E-state index contributed by atoms with van der Waals surface area (Å²) in [6.45, 7) is 15.6. The number of hydrogen-bond donors (Lipinski definition) is 0. The van der Waals surface area contributed by atoms with E-state index in [-0.39, 0.29) is 17.3 Å². The van der Waals surface area contributed by atoms with Crippen LogP contribution in [0.5, 0.6) is 5.75 Å². The van der Waals surface area contributed by atoms with E-state index < -0.39 is 14.6 Å². The molecule has 2 fully saturated rings. The molecular weight excluding hydrogens is 550 g/mol. The number of benzene rings is 2. The molecule has 0 N–H and O–H groups in total. The first kappa shape index (κ1) is 32.1. The maximum absolute atomic E-state index is 14.6. The molecule has 0 aromatic heterocycles. The van der Waals surface area contributed by atoms with Gasteiger partial charge >= 0.3 is 0 Å². The molecule has 0 spiro atoms. The molecule has 0 amide bonds. The van der Waals surface area contributed by atoms with E-state index in [1.165, 1.54) is 32.4 Å². The molecule has 2 aliphatic carbocycles. The molecule has 5 nitrogen and oxygen atoms in total. The van der Waals surface area contributed by atoms with Gasteiger partial charge in [-0.05, 0) is 117 Å². The molecule has 1 unspecified atom stereocenters. The molecule has 1 atom stereocenters. The summed E-state index contributed by atoms with van der Waals surface area (Å²) in [5.74, 6) is 1.52. The molecule has 1 radical (unpaired) electrons. The van der Waals surface area contributed by atoms with Crippen molar-refractivity contribution in [3.63, 3.8) is 0 Å². The predicted molar refractivity (Wildman–Crippen MR) is 178 cm³/mol. The molecule has 1 saturated carbocycles. The van der Waals surface area contributed by atoms with Gasteiger partial charge in [0.15, 0.2) is 5.78 Å². The van der Waals surface area contributed by atoms with Gasteiger partial charge in [0.25, 0.3) is 0 Å². The fourth-order valence-corrected chi connectivity index (χ4v) is 8.48. The van der Waals surface area contributed by atoms with Crippen LogP contribution >= 0.6 is 0 Å². The maximum atomic E-state index is 14.6. The topological polar surface area (TPSA) is 48.0 Å². The zero-order valence-corrected chi connectivity index (χ0v) is 28.3. The molecule has 1 saturated heterocycles. The lowest BCUT2D eigenvalue weighted by atomic mass is 9.66. The van der Waals surface area contributed by atoms with Gasteiger partial charge in [-0.15, -0.1) is 0 Å². The molecule has 3 aliphatic rings. The first-order valence-corrected chi connectivity index (χ1v) is 18.9. The zero-order chi connectivity index (χ0) is 30.6. The minimum absolute atomic E-state index is 0.0188. The second-order valence-electron chi connectivity index (χ2n) is 14.1. The number of Topliss-reactive ketones (excluding diaryl/α,β-unsaturated/α-hetero) is 1. The van der Waals surface area contributed by atoms with E-state index in [9.17, 15) is 4.79 Å². The highest BCUT2D eigenvalue weighted by atomic mass is 28.3. The number of hydrogen-bond acceptors (Lipinski definition) is 5. The van der Waals surface area contributed by atoms with Gasteiger partial charge in [0, 0.05) is 17.7 Å². The van der Waals surface area contributed by atoms with Gasteiger partial charge in [0.2, 0.25) is 9.04 Å². The Hall–Kier alpha value is -2.25. The first-order chi connectivity index (χ1) is 20.6. The van der Waals surface area contributed by atoms with E-state index in [4.69, 9.17) is 13.9 Å². The smallest absolute Gasteiger partial charge is 0.206 e. The number of nitrogens with zero attached hydrogens (tertiary/aromatic N) is 1. The third kappa shape index (κ3) is 7.53. The van der Waals surface area contributed by atoms with E-state index in [1.54, 1.807) is 7.11 Å². The predicted octanol–water partition coefficient (Wildman–Crippen LogP) is 8.49. The van der Waals surface area contributed by atoms with Crippen molar-refractivity contribution in [3.8, 4) is 5.75 Å². The van der Waals surface area contributed by atoms with Crippen molar-refractivity contribution in [1.29, 1.82) is 0 Å². The van der Waals surface area contributed by atoms with Crippen molar-refractivity contribution in [3.05, 3.63) is 65.3 Å². The van der Waals surface area contributed by atoms with E-state index in [0.29, 0.717) is 5.92 Å². The normalized spacial score (nSPS) is 25.2. The van der Waals surface area contributed by atoms with Crippen LogP contribution in [0.4, 0.5) is 0 Å². The van der Waals surface area contributed by atoms with E-state index in [2.05, 4.69) is 69.1 Å². The first-order valence-electron chi connectivity index (χ1n) is 16.5. The molecule has 5 rings (SSSR count). The maximum Gasteiger partial charge on any atom is 0.206 e. The number of piperidine rings is 1. The highest BCUT2D eigenvalue weighted by Crippen LogP contribution is 2.50. The average Bonchev–Trinajstić information content (AvgIpc) is 3.00. The Bertz CT molecular complexity index is 1330. The Morgan fingerprint density at radius 2 is 1.79 bits per heavy atom. The lowest BCUT2D eigenvalue weighted by molar-refractivity contribution is -0.00944. The average molecular weight is 603 g/mol. The van der Waals surface area contributed by atoms with Crippen molar-refractivity contribution in [2.45, 2.75) is 96.9 Å². The summed E-state index contributed by atoms with van der Waals surface area (Å²) in [6, 6.07) is 10.4. The number of fused-ring (bicyclic) bond motifs is 1. The number of carbonyl (C=O) groups excluding carboxylic acids is 1. The van der Waals surface area contributed by atoms with Crippen molar-refractivity contribution in [2.75, 3.05) is 33.4 Å². The lowest BCUT2D eigenvalue weighted by Crippen LogP contribution is -2.41. The SMILES string of the molecule is COc1ccc2c(C(=O)C3=CCC(OCCN4CCCCC4)C=C3)c(C3(O[Si](C)C)CCC(C(C)(C)C)CC3)ccc2c1. The van der Waals surface area contributed by atoms with Crippen LogP contribution < -0.4 is 4.74 Å². The fraction of sp³-hybridized carbons (Fsp3) is 0.595. The number of ketones is 1. The molecule has 233 valence electrons. The van der Waals surface area contributed by atoms with Crippen LogP contribution in [0.1, 0.15) is 88.1 Å². The minimum atomic E-state index is -1.02. The standard InChI is InChI=1S/C37H52NO4Si/c1-36(2,3)29-18-20-37(21-19-29,42-43(5)6)33-17-12-28-26-31(40-4)15-16-32(28)34(33)35(39)27-10-13-30(14-11-27)41-25-24-38-22-8-7-9-23-38/h10-13,15-17,26,29-30H,7-9,14,18-25H2,1-6H3. The van der Waals surface area contributed by atoms with Crippen LogP contribution in [0, 0.1) is 11.3 Å². The van der Waals surface area contributed by atoms with Gasteiger partial charge in [0.05, 0.1) is 25.4 Å². The van der Waals surface area contributed by atoms with E-state index in [1.807, 2.05) is 18.2 Å². The van der Waals surface area contributed by atoms with Gasteiger partial charge in [-0.25, -0.2) is 0 Å². The monoisotopic (exact) mass is 602 g/mol. The molecule has 1 aliphatic heterocycles. The Labute approximate surface area is 261 Å². The molecular formula is C37H52NO4Si. The van der Waals surface area contributed by atoms with Gasteiger partial charge in [-0.1, -0.05) is 57.6 Å². The second-order valence-corrected chi connectivity index (χ2v) is 16.1. The van der Waals surface area contributed by atoms with Crippen molar-refractivity contribution < 1.29 is 18.7 Å². The zero-order valence-electron chi connectivity index (χ0n) is 27.3. The van der Waals surface area contributed by atoms with Crippen LogP contribution in [0.3, 0.4) is 0 Å². The highest BCUT2D eigenvalue weighted by Gasteiger charge is 2.43. The van der Waals surface area contributed by atoms with Crippen molar-refractivity contribution in [1.82, 2.24) is 4.90 Å². The van der Waals surface area contributed by atoms with E-state index in [0.717, 1.165) is 78.5 Å². The molecule has 43 heavy (non-hydrogen) atoms. The number of likely N-dealkylation sites (tertiary alicyclic amines) is 1. The summed E-state index contributed by atoms with van der Waals surface area (Å²) in [7, 11) is 0.664. The summed E-state index contributed by atoms with van der Waals surface area (Å²) < 4.78 is 18.7. The van der Waals surface area contributed by atoms with Crippen LogP contribution in [-0.4, -0.2) is 59.2 Å². The molecule has 2 aromatic carbocycles. The van der Waals surface area contributed by atoms with E-state index >= 15 is 0 Å². The quantitative estimate of drug-likeness (QED) is 0.202. The molecule has 1 heterocycles. The van der Waals surface area contributed by atoms with Crippen LogP contribution in [-0.2, 0) is 14.8 Å². The Morgan fingerprint density at radius 1 is 1.05 bits per heavy atom.